The zero-order valence-electron chi connectivity index (χ0n) is 13.5. The Morgan fingerprint density at radius 3 is 2.45 bits per heavy atom. The van der Waals surface area contributed by atoms with E-state index >= 15 is 0 Å². The van der Waals surface area contributed by atoms with E-state index in [0.717, 1.165) is 5.56 Å². The molecule has 2 saturated heterocycles. The van der Waals surface area contributed by atoms with E-state index < -0.39 is 16.8 Å². The lowest BCUT2D eigenvalue weighted by atomic mass is 9.56. The molecule has 2 aliphatic heterocycles. The van der Waals surface area contributed by atoms with Gasteiger partial charge in [0.1, 0.15) is 5.75 Å². The van der Waals surface area contributed by atoms with Crippen molar-refractivity contribution in [2.75, 3.05) is 13.2 Å². The first-order valence-corrected chi connectivity index (χ1v) is 7.64. The molecule has 2 fully saturated rings. The molecule has 0 bridgehead atoms. The van der Waals surface area contributed by atoms with Crippen LogP contribution in [0.15, 0.2) is 24.3 Å². The summed E-state index contributed by atoms with van der Waals surface area (Å²) >= 11 is 0. The lowest BCUT2D eigenvalue weighted by Crippen LogP contribution is -2.73. The zero-order chi connectivity index (χ0) is 16.2. The van der Waals surface area contributed by atoms with Crippen molar-refractivity contribution in [1.29, 1.82) is 0 Å². The lowest BCUT2D eigenvalue weighted by molar-refractivity contribution is -0.627. The molecule has 0 amide bonds. The molecule has 22 heavy (non-hydrogen) atoms. The third kappa shape index (κ3) is 1.68. The van der Waals surface area contributed by atoms with Crippen LogP contribution in [0.5, 0.6) is 5.75 Å². The van der Waals surface area contributed by atoms with Gasteiger partial charge >= 0.3 is 0 Å². The molecule has 2 N–H and O–H groups in total. The van der Waals surface area contributed by atoms with Crippen LogP contribution in [-0.2, 0) is 20.3 Å². The molecule has 0 aromatic heterocycles. The normalized spacial score (nSPS) is 37.7. The van der Waals surface area contributed by atoms with E-state index in [-0.39, 0.29) is 17.8 Å². The zero-order valence-corrected chi connectivity index (χ0v) is 13.5. The third-order valence-corrected chi connectivity index (χ3v) is 5.14. The summed E-state index contributed by atoms with van der Waals surface area (Å²) in [6, 6.07) is 6.89. The van der Waals surface area contributed by atoms with Crippen molar-refractivity contribution >= 4 is 0 Å². The number of rotatable bonds is 3. The molecule has 3 rings (SSSR count). The summed E-state index contributed by atoms with van der Waals surface area (Å²) in [6.07, 6.45) is 0.550. The monoisotopic (exact) mass is 308 g/mol. The quantitative estimate of drug-likeness (QED) is 0.840. The number of phenols is 1. The van der Waals surface area contributed by atoms with E-state index in [4.69, 9.17) is 14.5 Å². The van der Waals surface area contributed by atoms with Crippen molar-refractivity contribution in [3.05, 3.63) is 29.8 Å². The van der Waals surface area contributed by atoms with Gasteiger partial charge in [-0.1, -0.05) is 39.8 Å². The van der Waals surface area contributed by atoms with Gasteiger partial charge in [0.2, 0.25) is 0 Å². The largest absolute Gasteiger partial charge is 0.508 e. The standard InChI is InChI=1S/C17H24O5/c1-14(2,3)17-15(4,8-9-18)11-20-16(17,21-22-17)12-6-5-7-13(19)10-12/h5-7,10,18-19H,8-9,11H2,1-4H3/t15-,16+,17+/m1/s1. The number of benzene rings is 1. The lowest BCUT2D eigenvalue weighted by Gasteiger charge is -2.61. The van der Waals surface area contributed by atoms with Crippen molar-refractivity contribution in [2.45, 2.75) is 45.5 Å². The maximum atomic E-state index is 9.83. The summed E-state index contributed by atoms with van der Waals surface area (Å²) in [5.41, 5.74) is -0.708. The topological polar surface area (TPSA) is 68.2 Å². The molecule has 2 heterocycles. The van der Waals surface area contributed by atoms with Gasteiger partial charge in [0.25, 0.3) is 5.79 Å². The van der Waals surface area contributed by atoms with Crippen LogP contribution in [0, 0.1) is 10.8 Å². The van der Waals surface area contributed by atoms with Gasteiger partial charge in [0.15, 0.2) is 5.60 Å². The van der Waals surface area contributed by atoms with Crippen LogP contribution in [0.4, 0.5) is 0 Å². The molecule has 5 nitrogen and oxygen atoms in total. The van der Waals surface area contributed by atoms with Crippen molar-refractivity contribution in [2.24, 2.45) is 10.8 Å². The average Bonchev–Trinajstić information content (AvgIpc) is 2.54. The molecule has 0 aliphatic carbocycles. The molecular formula is C17H24O5. The summed E-state index contributed by atoms with van der Waals surface area (Å²) in [4.78, 5) is 11.3. The number of aromatic hydroxyl groups is 1. The Morgan fingerprint density at radius 2 is 1.95 bits per heavy atom. The van der Waals surface area contributed by atoms with Crippen molar-refractivity contribution in [3.63, 3.8) is 0 Å². The molecule has 2 aliphatic rings. The van der Waals surface area contributed by atoms with Crippen molar-refractivity contribution in [1.82, 2.24) is 0 Å². The highest BCUT2D eigenvalue weighted by molar-refractivity contribution is 5.37. The number of hydrogen-bond acceptors (Lipinski definition) is 5. The minimum atomic E-state index is -1.06. The third-order valence-electron chi connectivity index (χ3n) is 5.14. The molecule has 0 unspecified atom stereocenters. The van der Waals surface area contributed by atoms with Crippen LogP contribution in [-0.4, -0.2) is 29.0 Å². The first kappa shape index (κ1) is 15.7. The minimum Gasteiger partial charge on any atom is -0.508 e. The predicted molar refractivity (Wildman–Crippen MR) is 79.9 cm³/mol. The number of aliphatic hydroxyl groups is 1. The fourth-order valence-electron chi connectivity index (χ4n) is 4.25. The maximum Gasteiger partial charge on any atom is 0.261 e. The van der Waals surface area contributed by atoms with Gasteiger partial charge < -0.3 is 14.9 Å². The molecule has 5 heteroatoms. The van der Waals surface area contributed by atoms with Crippen LogP contribution in [0.3, 0.4) is 0 Å². The van der Waals surface area contributed by atoms with Crippen molar-refractivity contribution in [3.8, 4) is 5.75 Å². The van der Waals surface area contributed by atoms with Gasteiger partial charge in [-0.15, -0.1) is 0 Å². The van der Waals surface area contributed by atoms with Crippen LogP contribution < -0.4 is 0 Å². The smallest absolute Gasteiger partial charge is 0.261 e. The second-order valence-electron chi connectivity index (χ2n) is 7.59. The Bertz CT molecular complexity index is 581. The minimum absolute atomic E-state index is 0.0527. The Labute approximate surface area is 130 Å². The summed E-state index contributed by atoms with van der Waals surface area (Å²) in [7, 11) is 0. The van der Waals surface area contributed by atoms with Gasteiger partial charge in [0, 0.05) is 23.0 Å². The fraction of sp³-hybridized carbons (Fsp3) is 0.647. The summed E-state index contributed by atoms with van der Waals surface area (Å²) in [6.45, 7) is 8.77. The molecule has 0 spiro atoms. The van der Waals surface area contributed by atoms with E-state index in [9.17, 15) is 10.2 Å². The molecule has 122 valence electrons. The van der Waals surface area contributed by atoms with E-state index in [1.165, 1.54) is 0 Å². The van der Waals surface area contributed by atoms with Crippen molar-refractivity contribution < 1.29 is 24.7 Å². The molecule has 0 saturated carbocycles. The molecule has 0 radical (unpaired) electrons. The number of fused-ring (bicyclic) bond motifs is 1. The van der Waals surface area contributed by atoms with E-state index in [2.05, 4.69) is 27.7 Å². The van der Waals surface area contributed by atoms with Gasteiger partial charge in [-0.2, -0.15) is 4.89 Å². The number of ether oxygens (including phenoxy) is 1. The van der Waals surface area contributed by atoms with Crippen LogP contribution >= 0.6 is 0 Å². The van der Waals surface area contributed by atoms with Crippen LogP contribution in [0.2, 0.25) is 0 Å². The Hall–Kier alpha value is -1.14. The Balaban J connectivity index is 2.17. The first-order valence-electron chi connectivity index (χ1n) is 7.64. The van der Waals surface area contributed by atoms with Gasteiger partial charge in [-0.3, -0.25) is 0 Å². The van der Waals surface area contributed by atoms with E-state index in [0.29, 0.717) is 13.0 Å². The SMILES string of the molecule is CC(C)(C)[C@@]12OO[C@]1(c1cccc(O)c1)OC[C@@]2(C)CCO. The highest BCUT2D eigenvalue weighted by Crippen LogP contribution is 2.70. The predicted octanol–water partition coefficient (Wildman–Crippen LogP) is 2.71. The summed E-state index contributed by atoms with van der Waals surface area (Å²) in [5.74, 6) is -0.905. The number of hydrogen-bond donors (Lipinski definition) is 2. The second-order valence-corrected chi connectivity index (χ2v) is 7.59. The molecule has 1 aromatic carbocycles. The number of phenolic OH excluding ortho intramolecular Hbond substituents is 1. The molecule has 1 aromatic rings. The maximum absolute atomic E-state index is 9.83. The van der Waals surface area contributed by atoms with E-state index in [1.54, 1.807) is 18.2 Å². The first-order chi connectivity index (χ1) is 10.2. The fourth-order valence-corrected chi connectivity index (χ4v) is 4.25. The number of aliphatic hydroxyl groups excluding tert-OH is 1. The highest BCUT2D eigenvalue weighted by Gasteiger charge is 2.82. The average molecular weight is 308 g/mol. The van der Waals surface area contributed by atoms with Gasteiger partial charge in [-0.25, -0.2) is 4.89 Å². The molecule has 3 atom stereocenters. The van der Waals surface area contributed by atoms with Crippen LogP contribution in [0.1, 0.15) is 39.7 Å². The summed E-state index contributed by atoms with van der Waals surface area (Å²) < 4.78 is 6.11. The summed E-state index contributed by atoms with van der Waals surface area (Å²) in [5, 5.41) is 19.3. The van der Waals surface area contributed by atoms with Gasteiger partial charge in [-0.05, 0) is 18.6 Å². The molecular weight excluding hydrogens is 284 g/mol. The van der Waals surface area contributed by atoms with Gasteiger partial charge in [0.05, 0.1) is 6.61 Å². The Morgan fingerprint density at radius 1 is 1.23 bits per heavy atom. The van der Waals surface area contributed by atoms with Crippen LogP contribution in [0.25, 0.3) is 0 Å². The second kappa shape index (κ2) is 4.68. The highest BCUT2D eigenvalue weighted by atomic mass is 17.3. The van der Waals surface area contributed by atoms with E-state index in [1.807, 2.05) is 6.07 Å². The Kier molecular flexibility index (Phi) is 3.35.